The Labute approximate surface area is 106 Å². The van der Waals surface area contributed by atoms with Gasteiger partial charge in [-0.3, -0.25) is 9.59 Å². The average molecular weight is 251 g/mol. The van der Waals surface area contributed by atoms with Crippen LogP contribution < -0.4 is 5.73 Å². The number of nitrogens with two attached hydrogens (primary N) is 1. The smallest absolute Gasteiger partial charge is 0.313 e. The third kappa shape index (κ3) is 3.48. The molecule has 0 bridgehead atoms. The lowest BCUT2D eigenvalue weighted by molar-refractivity contribution is -0.143. The Bertz CT molecular complexity index is 431. The van der Waals surface area contributed by atoms with Crippen LogP contribution in [-0.2, 0) is 19.1 Å². The quantitative estimate of drug-likeness (QED) is 0.633. The van der Waals surface area contributed by atoms with Gasteiger partial charge in [-0.2, -0.15) is 0 Å². The Kier molecular flexibility index (Phi) is 5.17. The van der Waals surface area contributed by atoms with Gasteiger partial charge in [-0.25, -0.2) is 0 Å². The highest BCUT2D eigenvalue weighted by Crippen LogP contribution is 2.27. The predicted octanol–water partition coefficient (Wildman–Crippen LogP) is 1.48. The first-order valence-electron chi connectivity index (χ1n) is 5.59. The van der Waals surface area contributed by atoms with Gasteiger partial charge in [-0.1, -0.05) is 18.2 Å². The second-order valence-corrected chi connectivity index (χ2v) is 3.82. The summed E-state index contributed by atoms with van der Waals surface area (Å²) in [5.41, 5.74) is 7.02. The summed E-state index contributed by atoms with van der Waals surface area (Å²) in [6, 6.07) is 7.05. The number of benzene rings is 1. The fourth-order valence-electron chi connectivity index (χ4n) is 1.74. The number of rotatable bonds is 5. The molecule has 18 heavy (non-hydrogen) atoms. The monoisotopic (exact) mass is 251 g/mol. The molecule has 0 saturated carbocycles. The third-order valence-corrected chi connectivity index (χ3v) is 2.72. The number of ether oxygens (including phenoxy) is 2. The van der Waals surface area contributed by atoms with E-state index in [0.29, 0.717) is 17.7 Å². The highest BCUT2D eigenvalue weighted by atomic mass is 16.5. The number of hydrogen-bond donors (Lipinski definition) is 1. The Morgan fingerprint density at radius 3 is 2.44 bits per heavy atom. The fraction of sp³-hybridized carbons (Fsp3) is 0.385. The zero-order valence-electron chi connectivity index (χ0n) is 10.5. The standard InChI is InChI=1S/C13H17NO4/c1-17-12(15)8-7-10(13(16)18-2)9-5-3-4-6-11(9)14/h3-6,10H,7-8,14H2,1-2H3. The van der Waals surface area contributed by atoms with Gasteiger partial charge in [0.1, 0.15) is 0 Å². The van der Waals surface area contributed by atoms with Crippen LogP contribution in [0.1, 0.15) is 24.3 Å². The van der Waals surface area contributed by atoms with E-state index in [1.165, 1.54) is 14.2 Å². The molecule has 0 aromatic heterocycles. The highest BCUT2D eigenvalue weighted by molar-refractivity contribution is 5.81. The molecule has 1 unspecified atom stereocenters. The van der Waals surface area contributed by atoms with Crippen molar-refractivity contribution >= 4 is 17.6 Å². The van der Waals surface area contributed by atoms with Crippen LogP contribution >= 0.6 is 0 Å². The molecule has 0 saturated heterocycles. The topological polar surface area (TPSA) is 78.6 Å². The number of esters is 2. The lowest BCUT2D eigenvalue weighted by atomic mass is 9.93. The average Bonchev–Trinajstić information content (AvgIpc) is 2.40. The molecule has 1 atom stereocenters. The predicted molar refractivity (Wildman–Crippen MR) is 66.9 cm³/mol. The number of methoxy groups -OCH3 is 2. The van der Waals surface area contributed by atoms with E-state index in [1.54, 1.807) is 24.3 Å². The maximum Gasteiger partial charge on any atom is 0.313 e. The molecule has 0 aliphatic rings. The van der Waals surface area contributed by atoms with Crippen LogP contribution in [0.2, 0.25) is 0 Å². The second-order valence-electron chi connectivity index (χ2n) is 3.82. The van der Waals surface area contributed by atoms with Crippen molar-refractivity contribution in [1.29, 1.82) is 0 Å². The summed E-state index contributed by atoms with van der Waals surface area (Å²) in [5, 5.41) is 0. The molecule has 0 spiro atoms. The Morgan fingerprint density at radius 1 is 1.22 bits per heavy atom. The zero-order valence-corrected chi connectivity index (χ0v) is 10.5. The van der Waals surface area contributed by atoms with Crippen LogP contribution in [-0.4, -0.2) is 26.2 Å². The first-order chi connectivity index (χ1) is 8.60. The SMILES string of the molecule is COC(=O)CCC(C(=O)OC)c1ccccc1N. The van der Waals surface area contributed by atoms with Crippen molar-refractivity contribution in [2.75, 3.05) is 20.0 Å². The van der Waals surface area contributed by atoms with E-state index < -0.39 is 11.9 Å². The molecule has 98 valence electrons. The van der Waals surface area contributed by atoms with E-state index in [9.17, 15) is 9.59 Å². The molecule has 1 rings (SSSR count). The van der Waals surface area contributed by atoms with Crippen molar-refractivity contribution in [3.8, 4) is 0 Å². The first-order valence-corrected chi connectivity index (χ1v) is 5.59. The molecular formula is C13H17NO4. The van der Waals surface area contributed by atoms with Crippen molar-refractivity contribution in [3.05, 3.63) is 29.8 Å². The summed E-state index contributed by atoms with van der Waals surface area (Å²) in [6.45, 7) is 0. The molecule has 0 fully saturated rings. The van der Waals surface area contributed by atoms with Gasteiger partial charge in [0.15, 0.2) is 0 Å². The lowest BCUT2D eigenvalue weighted by Gasteiger charge is -2.16. The van der Waals surface area contributed by atoms with Crippen molar-refractivity contribution in [2.24, 2.45) is 0 Å². The molecule has 2 N–H and O–H groups in total. The van der Waals surface area contributed by atoms with Gasteiger partial charge in [0.05, 0.1) is 20.1 Å². The molecule has 0 heterocycles. The third-order valence-electron chi connectivity index (χ3n) is 2.72. The molecule has 5 heteroatoms. The zero-order chi connectivity index (χ0) is 13.5. The van der Waals surface area contributed by atoms with Crippen LogP contribution in [0.25, 0.3) is 0 Å². The number of anilines is 1. The Hall–Kier alpha value is -2.04. The molecular weight excluding hydrogens is 234 g/mol. The summed E-state index contributed by atoms with van der Waals surface area (Å²) < 4.78 is 9.30. The normalized spacial score (nSPS) is 11.7. The number of nitrogen functional groups attached to an aromatic ring is 1. The van der Waals surface area contributed by atoms with Crippen molar-refractivity contribution in [1.82, 2.24) is 0 Å². The summed E-state index contributed by atoms with van der Waals surface area (Å²) in [6.07, 6.45) is 0.457. The fourth-order valence-corrected chi connectivity index (χ4v) is 1.74. The van der Waals surface area contributed by atoms with Gasteiger partial charge in [0, 0.05) is 12.1 Å². The number of hydrogen-bond acceptors (Lipinski definition) is 5. The number of carbonyl (C=O) groups excluding carboxylic acids is 2. The van der Waals surface area contributed by atoms with Gasteiger partial charge in [0.2, 0.25) is 0 Å². The minimum absolute atomic E-state index is 0.143. The first kappa shape index (κ1) is 14.0. The number of para-hydroxylation sites is 1. The molecule has 1 aromatic carbocycles. The Balaban J connectivity index is 2.89. The molecule has 0 aliphatic heterocycles. The largest absolute Gasteiger partial charge is 0.469 e. The van der Waals surface area contributed by atoms with E-state index in [1.807, 2.05) is 0 Å². The van der Waals surface area contributed by atoms with Gasteiger partial charge in [-0.05, 0) is 18.1 Å². The summed E-state index contributed by atoms with van der Waals surface area (Å²) in [7, 11) is 2.62. The molecule has 0 amide bonds. The van der Waals surface area contributed by atoms with Crippen molar-refractivity contribution < 1.29 is 19.1 Å². The molecule has 0 aliphatic carbocycles. The van der Waals surface area contributed by atoms with E-state index in [4.69, 9.17) is 10.5 Å². The van der Waals surface area contributed by atoms with E-state index >= 15 is 0 Å². The lowest BCUT2D eigenvalue weighted by Crippen LogP contribution is -2.17. The second kappa shape index (κ2) is 6.64. The summed E-state index contributed by atoms with van der Waals surface area (Å²) in [5.74, 6) is -1.31. The van der Waals surface area contributed by atoms with Gasteiger partial charge in [0.25, 0.3) is 0 Å². The van der Waals surface area contributed by atoms with E-state index in [2.05, 4.69) is 4.74 Å². The minimum atomic E-state index is -0.546. The molecule has 5 nitrogen and oxygen atoms in total. The van der Waals surface area contributed by atoms with Gasteiger partial charge in [-0.15, -0.1) is 0 Å². The van der Waals surface area contributed by atoms with Crippen LogP contribution in [0.15, 0.2) is 24.3 Å². The van der Waals surface area contributed by atoms with Crippen LogP contribution in [0, 0.1) is 0 Å². The molecule has 1 aromatic rings. The van der Waals surface area contributed by atoms with Crippen LogP contribution in [0.5, 0.6) is 0 Å². The van der Waals surface area contributed by atoms with Gasteiger partial charge < -0.3 is 15.2 Å². The van der Waals surface area contributed by atoms with Crippen LogP contribution in [0.4, 0.5) is 5.69 Å². The Morgan fingerprint density at radius 2 is 1.89 bits per heavy atom. The highest BCUT2D eigenvalue weighted by Gasteiger charge is 2.24. The maximum atomic E-state index is 11.7. The van der Waals surface area contributed by atoms with E-state index in [-0.39, 0.29) is 12.4 Å². The summed E-state index contributed by atoms with van der Waals surface area (Å²) >= 11 is 0. The summed E-state index contributed by atoms with van der Waals surface area (Å²) in [4.78, 5) is 22.9. The van der Waals surface area contributed by atoms with Gasteiger partial charge >= 0.3 is 11.9 Å². The van der Waals surface area contributed by atoms with Crippen molar-refractivity contribution in [3.63, 3.8) is 0 Å². The molecule has 0 radical (unpaired) electrons. The van der Waals surface area contributed by atoms with Crippen molar-refractivity contribution in [2.45, 2.75) is 18.8 Å². The number of carbonyl (C=O) groups is 2. The maximum absolute atomic E-state index is 11.7. The van der Waals surface area contributed by atoms with Crippen LogP contribution in [0.3, 0.4) is 0 Å². The minimum Gasteiger partial charge on any atom is -0.469 e. The van der Waals surface area contributed by atoms with E-state index in [0.717, 1.165) is 0 Å².